The smallest absolute Gasteiger partial charge is 0.237 e. The van der Waals surface area contributed by atoms with Crippen molar-refractivity contribution in [3.63, 3.8) is 0 Å². The van der Waals surface area contributed by atoms with Gasteiger partial charge >= 0.3 is 0 Å². The van der Waals surface area contributed by atoms with Gasteiger partial charge in [0.05, 0.1) is 17.1 Å². The molecule has 1 atom stereocenters. The van der Waals surface area contributed by atoms with Gasteiger partial charge in [-0.1, -0.05) is 36.0 Å². The number of carbonyl (C=O) groups is 1. The van der Waals surface area contributed by atoms with Crippen LogP contribution in [-0.4, -0.2) is 25.9 Å². The van der Waals surface area contributed by atoms with Crippen LogP contribution in [0.4, 0.5) is 5.69 Å². The summed E-state index contributed by atoms with van der Waals surface area (Å²) in [6, 6.07) is 11.2. The van der Waals surface area contributed by atoms with Gasteiger partial charge in [-0.2, -0.15) is 0 Å². The predicted molar refractivity (Wildman–Crippen MR) is 103 cm³/mol. The second-order valence-electron chi connectivity index (χ2n) is 5.71. The number of rotatable bonds is 7. The first-order chi connectivity index (χ1) is 12.6. The van der Waals surface area contributed by atoms with Crippen LogP contribution in [0.5, 0.6) is 0 Å². The standard InChI is InChI=1S/C19H20N4O2S/c1-4-11-23-17(16-10-12-25-13(16)2)21-22-19(23)26-14(3)18(24)20-15-8-6-5-7-9-15/h4-10,12,14H,1,11H2,2-3H3,(H,20,24). The summed E-state index contributed by atoms with van der Waals surface area (Å²) in [6.07, 6.45) is 3.40. The fourth-order valence-electron chi connectivity index (χ4n) is 2.46. The van der Waals surface area contributed by atoms with Gasteiger partial charge in [0.2, 0.25) is 5.91 Å². The highest BCUT2D eigenvalue weighted by Crippen LogP contribution is 2.29. The molecule has 0 saturated carbocycles. The van der Waals surface area contributed by atoms with Crippen LogP contribution in [-0.2, 0) is 11.3 Å². The fourth-order valence-corrected chi connectivity index (χ4v) is 3.32. The minimum atomic E-state index is -0.332. The first kappa shape index (κ1) is 18.0. The van der Waals surface area contributed by atoms with Gasteiger partial charge in [0.15, 0.2) is 11.0 Å². The van der Waals surface area contributed by atoms with Gasteiger partial charge in [0.1, 0.15) is 5.76 Å². The lowest BCUT2D eigenvalue weighted by molar-refractivity contribution is -0.115. The molecule has 0 saturated heterocycles. The molecule has 0 fully saturated rings. The van der Waals surface area contributed by atoms with Gasteiger partial charge in [0.25, 0.3) is 0 Å². The van der Waals surface area contributed by atoms with Crippen molar-refractivity contribution in [2.45, 2.75) is 30.8 Å². The molecule has 7 heteroatoms. The molecule has 0 aliphatic heterocycles. The van der Waals surface area contributed by atoms with E-state index in [9.17, 15) is 4.79 Å². The van der Waals surface area contributed by atoms with Crippen LogP contribution >= 0.6 is 11.8 Å². The van der Waals surface area contributed by atoms with E-state index in [1.807, 2.05) is 54.8 Å². The summed E-state index contributed by atoms with van der Waals surface area (Å²) < 4.78 is 7.30. The van der Waals surface area contributed by atoms with Crippen LogP contribution in [0, 0.1) is 6.92 Å². The zero-order valence-corrected chi connectivity index (χ0v) is 15.5. The number of hydrogen-bond donors (Lipinski definition) is 1. The zero-order chi connectivity index (χ0) is 18.5. The van der Waals surface area contributed by atoms with Crippen LogP contribution in [0.25, 0.3) is 11.4 Å². The first-order valence-electron chi connectivity index (χ1n) is 8.21. The molecule has 0 bridgehead atoms. The Bertz CT molecular complexity index is 901. The Hall–Kier alpha value is -2.80. The third-order valence-electron chi connectivity index (χ3n) is 3.82. The summed E-state index contributed by atoms with van der Waals surface area (Å²) >= 11 is 1.36. The first-order valence-corrected chi connectivity index (χ1v) is 9.09. The highest BCUT2D eigenvalue weighted by molar-refractivity contribution is 8.00. The monoisotopic (exact) mass is 368 g/mol. The molecule has 1 unspecified atom stereocenters. The lowest BCUT2D eigenvalue weighted by Gasteiger charge is -2.12. The molecule has 2 heterocycles. The molecule has 1 amide bonds. The van der Waals surface area contributed by atoms with Gasteiger partial charge in [-0.3, -0.25) is 9.36 Å². The SMILES string of the molecule is C=CCn1c(SC(C)C(=O)Nc2ccccc2)nnc1-c1ccoc1C. The van der Waals surface area contributed by atoms with E-state index in [1.165, 1.54) is 11.8 Å². The quantitative estimate of drug-likeness (QED) is 0.501. The molecule has 3 rings (SSSR count). The van der Waals surface area contributed by atoms with Gasteiger partial charge in [-0.05, 0) is 32.0 Å². The van der Waals surface area contributed by atoms with Crippen LogP contribution in [0.2, 0.25) is 0 Å². The second-order valence-corrected chi connectivity index (χ2v) is 7.02. The van der Waals surface area contributed by atoms with E-state index in [4.69, 9.17) is 4.42 Å². The van der Waals surface area contributed by atoms with Gasteiger partial charge in [-0.15, -0.1) is 16.8 Å². The van der Waals surface area contributed by atoms with Crippen molar-refractivity contribution in [1.29, 1.82) is 0 Å². The molecule has 2 aromatic heterocycles. The molecular formula is C19H20N4O2S. The number of thioether (sulfide) groups is 1. The van der Waals surface area contributed by atoms with Crippen molar-refractivity contribution < 1.29 is 9.21 Å². The average Bonchev–Trinajstić information content (AvgIpc) is 3.22. The molecule has 3 aromatic rings. The summed E-state index contributed by atoms with van der Waals surface area (Å²) in [6.45, 7) is 8.07. The van der Waals surface area contributed by atoms with Crippen molar-refractivity contribution in [1.82, 2.24) is 14.8 Å². The number of aromatic nitrogens is 3. The summed E-state index contributed by atoms with van der Waals surface area (Å²) in [5.41, 5.74) is 1.65. The van der Waals surface area contributed by atoms with Gasteiger partial charge in [0, 0.05) is 12.2 Å². The molecule has 0 aliphatic rings. The lowest BCUT2D eigenvalue weighted by atomic mass is 10.2. The third kappa shape index (κ3) is 3.88. The molecule has 1 N–H and O–H groups in total. The Morgan fingerprint density at radius 2 is 2.12 bits per heavy atom. The number of hydrogen-bond acceptors (Lipinski definition) is 5. The van der Waals surface area contributed by atoms with E-state index in [-0.39, 0.29) is 11.2 Å². The molecule has 6 nitrogen and oxygen atoms in total. The fraction of sp³-hybridized carbons (Fsp3) is 0.211. The molecule has 0 aliphatic carbocycles. The molecule has 1 aromatic carbocycles. The number of nitrogens with one attached hydrogen (secondary N) is 1. The van der Waals surface area contributed by atoms with Crippen molar-refractivity contribution in [2.24, 2.45) is 0 Å². The lowest BCUT2D eigenvalue weighted by Crippen LogP contribution is -2.22. The van der Waals surface area contributed by atoms with Crippen molar-refractivity contribution in [3.8, 4) is 11.4 Å². The Kier molecular flexibility index (Phi) is 5.58. The van der Waals surface area contributed by atoms with E-state index >= 15 is 0 Å². The molecule has 134 valence electrons. The van der Waals surface area contributed by atoms with Crippen LogP contribution in [0.15, 0.2) is 64.9 Å². The predicted octanol–water partition coefficient (Wildman–Crippen LogP) is 4.15. The topological polar surface area (TPSA) is 73.0 Å². The minimum absolute atomic E-state index is 0.0876. The van der Waals surface area contributed by atoms with Gasteiger partial charge < -0.3 is 9.73 Å². The molecule has 0 radical (unpaired) electrons. The Balaban J connectivity index is 1.78. The zero-order valence-electron chi connectivity index (χ0n) is 14.7. The van der Waals surface area contributed by atoms with Crippen LogP contribution in [0.1, 0.15) is 12.7 Å². The maximum Gasteiger partial charge on any atom is 0.237 e. The summed E-state index contributed by atoms with van der Waals surface area (Å²) in [5, 5.41) is 11.8. The number of allylic oxidation sites excluding steroid dienone is 1. The Labute approximate surface area is 156 Å². The van der Waals surface area contributed by atoms with Crippen molar-refractivity contribution in [2.75, 3.05) is 5.32 Å². The summed E-state index contributed by atoms with van der Waals surface area (Å²) in [7, 11) is 0. The summed E-state index contributed by atoms with van der Waals surface area (Å²) in [5.74, 6) is 1.39. The highest BCUT2D eigenvalue weighted by atomic mass is 32.2. The number of aryl methyl sites for hydroxylation is 1. The number of carbonyl (C=O) groups excluding carboxylic acids is 1. The van der Waals surface area contributed by atoms with E-state index in [1.54, 1.807) is 12.3 Å². The normalized spacial score (nSPS) is 11.9. The van der Waals surface area contributed by atoms with E-state index in [0.29, 0.717) is 17.5 Å². The van der Waals surface area contributed by atoms with E-state index < -0.39 is 0 Å². The third-order valence-corrected chi connectivity index (χ3v) is 4.90. The van der Waals surface area contributed by atoms with E-state index in [2.05, 4.69) is 22.1 Å². The number of nitrogens with zero attached hydrogens (tertiary/aromatic N) is 3. The number of benzene rings is 1. The van der Waals surface area contributed by atoms with Crippen LogP contribution in [0.3, 0.4) is 0 Å². The second kappa shape index (κ2) is 8.05. The van der Waals surface area contributed by atoms with Gasteiger partial charge in [-0.25, -0.2) is 0 Å². The molecule has 0 spiro atoms. The Morgan fingerprint density at radius 1 is 1.35 bits per heavy atom. The molecular weight excluding hydrogens is 348 g/mol. The minimum Gasteiger partial charge on any atom is -0.469 e. The Morgan fingerprint density at radius 3 is 2.77 bits per heavy atom. The maximum atomic E-state index is 12.5. The highest BCUT2D eigenvalue weighted by Gasteiger charge is 2.21. The number of para-hydroxylation sites is 1. The van der Waals surface area contributed by atoms with Crippen molar-refractivity contribution in [3.05, 3.63) is 61.1 Å². The van der Waals surface area contributed by atoms with Crippen molar-refractivity contribution >= 4 is 23.4 Å². The summed E-state index contributed by atoms with van der Waals surface area (Å²) in [4.78, 5) is 12.5. The molecule has 26 heavy (non-hydrogen) atoms. The van der Waals surface area contributed by atoms with Crippen LogP contribution < -0.4 is 5.32 Å². The largest absolute Gasteiger partial charge is 0.469 e. The number of amides is 1. The van der Waals surface area contributed by atoms with E-state index in [0.717, 1.165) is 17.0 Å². The average molecular weight is 368 g/mol. The number of anilines is 1. The number of furan rings is 1. The maximum absolute atomic E-state index is 12.5.